The average Bonchev–Trinajstić information content (AvgIpc) is 3.11. The summed E-state index contributed by atoms with van der Waals surface area (Å²) in [5.41, 5.74) is 0.916. The summed E-state index contributed by atoms with van der Waals surface area (Å²) >= 11 is 0. The van der Waals surface area contributed by atoms with E-state index in [1.54, 1.807) is 14.2 Å². The highest BCUT2D eigenvalue weighted by molar-refractivity contribution is 5.45. The van der Waals surface area contributed by atoms with Crippen molar-refractivity contribution in [3.8, 4) is 17.6 Å². The molecule has 2 aliphatic rings. The fraction of sp³-hybridized carbons (Fsp3) is 0.588. The molecule has 1 N–H and O–H groups in total. The molecule has 0 spiro atoms. The van der Waals surface area contributed by atoms with Crippen LogP contribution in [0.15, 0.2) is 18.2 Å². The van der Waals surface area contributed by atoms with Crippen LogP contribution < -0.4 is 14.8 Å². The monoisotopic (exact) mass is 286 g/mol. The van der Waals surface area contributed by atoms with Gasteiger partial charge >= 0.3 is 0 Å². The minimum absolute atomic E-state index is 0.308. The van der Waals surface area contributed by atoms with Crippen LogP contribution in [0, 0.1) is 23.2 Å². The van der Waals surface area contributed by atoms with Crippen LogP contribution in [-0.2, 0) is 0 Å². The number of nitriles is 1. The third-order valence-electron chi connectivity index (χ3n) is 4.89. The molecule has 0 aliphatic heterocycles. The number of rotatable bonds is 5. The quantitative estimate of drug-likeness (QED) is 0.904. The molecule has 4 nitrogen and oxygen atoms in total. The summed E-state index contributed by atoms with van der Waals surface area (Å²) in [4.78, 5) is 0. The molecule has 1 aromatic rings. The summed E-state index contributed by atoms with van der Waals surface area (Å²) in [5.74, 6) is 3.05. The van der Waals surface area contributed by atoms with E-state index in [0.717, 1.165) is 29.4 Å². The van der Waals surface area contributed by atoms with Crippen molar-refractivity contribution in [2.24, 2.45) is 11.8 Å². The number of nitrogens with zero attached hydrogens (tertiary/aromatic N) is 1. The third-order valence-corrected chi connectivity index (χ3v) is 4.89. The van der Waals surface area contributed by atoms with Gasteiger partial charge in [0.25, 0.3) is 0 Å². The molecule has 2 bridgehead atoms. The molecule has 4 heteroatoms. The van der Waals surface area contributed by atoms with E-state index in [-0.39, 0.29) is 6.04 Å². The normalized spacial score (nSPS) is 28.1. The van der Waals surface area contributed by atoms with Crippen molar-refractivity contribution < 1.29 is 9.47 Å². The molecule has 0 heterocycles. The summed E-state index contributed by atoms with van der Waals surface area (Å²) in [5, 5.41) is 12.2. The van der Waals surface area contributed by atoms with Gasteiger partial charge in [0.2, 0.25) is 0 Å². The second kappa shape index (κ2) is 5.95. The van der Waals surface area contributed by atoms with E-state index in [1.807, 2.05) is 18.2 Å². The molecule has 0 amide bonds. The topological polar surface area (TPSA) is 54.3 Å². The molecule has 2 fully saturated rings. The van der Waals surface area contributed by atoms with Crippen LogP contribution in [-0.4, -0.2) is 20.3 Å². The van der Waals surface area contributed by atoms with Gasteiger partial charge in [0, 0.05) is 0 Å². The standard InChI is InChI=1S/C17H22N2O2/c1-19-14(10-18)12-5-6-15(20-2)17(9-12)21-16-8-11-3-4-13(16)7-11/h5-6,9,11,13-14,16,19H,3-4,7-8H2,1-2H3. The van der Waals surface area contributed by atoms with E-state index in [2.05, 4.69) is 11.4 Å². The van der Waals surface area contributed by atoms with E-state index >= 15 is 0 Å². The van der Waals surface area contributed by atoms with Gasteiger partial charge in [-0.2, -0.15) is 5.26 Å². The maximum atomic E-state index is 9.18. The smallest absolute Gasteiger partial charge is 0.161 e. The number of hydrogen-bond donors (Lipinski definition) is 1. The molecule has 4 unspecified atom stereocenters. The van der Waals surface area contributed by atoms with Gasteiger partial charge in [-0.3, -0.25) is 0 Å². The van der Waals surface area contributed by atoms with Gasteiger partial charge in [-0.1, -0.05) is 6.07 Å². The number of nitrogens with one attached hydrogen (secondary N) is 1. The Labute approximate surface area is 126 Å². The SMILES string of the molecule is CNC(C#N)c1ccc(OC)c(OC2CC3CCC2C3)c1. The van der Waals surface area contributed by atoms with Crippen LogP contribution in [0.2, 0.25) is 0 Å². The van der Waals surface area contributed by atoms with Crippen molar-refractivity contribution in [3.63, 3.8) is 0 Å². The van der Waals surface area contributed by atoms with Gasteiger partial charge in [0.15, 0.2) is 11.5 Å². The minimum atomic E-state index is -0.321. The first kappa shape index (κ1) is 14.2. The van der Waals surface area contributed by atoms with Crippen LogP contribution in [0.4, 0.5) is 0 Å². The predicted molar refractivity (Wildman–Crippen MR) is 80.3 cm³/mol. The fourth-order valence-electron chi connectivity index (χ4n) is 3.76. The Hall–Kier alpha value is -1.73. The van der Waals surface area contributed by atoms with Crippen LogP contribution >= 0.6 is 0 Å². The molecule has 3 rings (SSSR count). The van der Waals surface area contributed by atoms with Crippen molar-refractivity contribution >= 4 is 0 Å². The zero-order valence-electron chi connectivity index (χ0n) is 12.6. The molecular formula is C17H22N2O2. The average molecular weight is 286 g/mol. The number of fused-ring (bicyclic) bond motifs is 2. The summed E-state index contributed by atoms with van der Waals surface area (Å²) < 4.78 is 11.7. The van der Waals surface area contributed by atoms with Crippen molar-refractivity contribution in [3.05, 3.63) is 23.8 Å². The summed E-state index contributed by atoms with van der Waals surface area (Å²) in [6.07, 6.45) is 5.42. The zero-order chi connectivity index (χ0) is 14.8. The molecule has 4 atom stereocenters. The van der Waals surface area contributed by atoms with Gasteiger partial charge in [0.05, 0.1) is 13.2 Å². The van der Waals surface area contributed by atoms with Gasteiger partial charge < -0.3 is 14.8 Å². The first-order valence-electron chi connectivity index (χ1n) is 7.66. The first-order chi connectivity index (χ1) is 10.2. The highest BCUT2D eigenvalue weighted by atomic mass is 16.5. The van der Waals surface area contributed by atoms with Crippen molar-refractivity contribution in [1.82, 2.24) is 5.32 Å². The minimum Gasteiger partial charge on any atom is -0.493 e. The Balaban J connectivity index is 1.82. The molecule has 21 heavy (non-hydrogen) atoms. The lowest BCUT2D eigenvalue weighted by atomic mass is 9.97. The zero-order valence-corrected chi connectivity index (χ0v) is 12.6. The lowest BCUT2D eigenvalue weighted by Crippen LogP contribution is -2.24. The van der Waals surface area contributed by atoms with E-state index in [0.29, 0.717) is 12.0 Å². The Morgan fingerprint density at radius 3 is 2.71 bits per heavy atom. The summed E-state index contributed by atoms with van der Waals surface area (Å²) in [6, 6.07) is 7.67. The lowest BCUT2D eigenvalue weighted by molar-refractivity contribution is 0.133. The molecule has 2 aliphatic carbocycles. The van der Waals surface area contributed by atoms with Crippen LogP contribution in [0.5, 0.6) is 11.5 Å². The first-order valence-corrected chi connectivity index (χ1v) is 7.66. The molecular weight excluding hydrogens is 264 g/mol. The van der Waals surface area contributed by atoms with Crippen molar-refractivity contribution in [1.29, 1.82) is 5.26 Å². The Bertz CT molecular complexity index is 552. The van der Waals surface area contributed by atoms with E-state index < -0.39 is 0 Å². The molecule has 0 radical (unpaired) electrons. The van der Waals surface area contributed by atoms with E-state index in [4.69, 9.17) is 9.47 Å². The molecule has 0 saturated heterocycles. The number of hydrogen-bond acceptors (Lipinski definition) is 4. The molecule has 1 aromatic carbocycles. The van der Waals surface area contributed by atoms with Gasteiger partial charge in [-0.25, -0.2) is 0 Å². The van der Waals surface area contributed by atoms with E-state index in [1.165, 1.54) is 19.3 Å². The number of ether oxygens (including phenoxy) is 2. The van der Waals surface area contributed by atoms with Gasteiger partial charge in [0.1, 0.15) is 12.1 Å². The van der Waals surface area contributed by atoms with Gasteiger partial charge in [-0.05, 0) is 62.3 Å². The highest BCUT2D eigenvalue weighted by Crippen LogP contribution is 2.47. The number of benzene rings is 1. The number of methoxy groups -OCH3 is 1. The maximum Gasteiger partial charge on any atom is 0.161 e. The Morgan fingerprint density at radius 1 is 1.29 bits per heavy atom. The summed E-state index contributed by atoms with van der Waals surface area (Å²) in [6.45, 7) is 0. The second-order valence-electron chi connectivity index (χ2n) is 6.09. The van der Waals surface area contributed by atoms with E-state index in [9.17, 15) is 5.26 Å². The van der Waals surface area contributed by atoms with Crippen LogP contribution in [0.25, 0.3) is 0 Å². The summed E-state index contributed by atoms with van der Waals surface area (Å²) in [7, 11) is 3.44. The maximum absolute atomic E-state index is 9.18. The fourth-order valence-corrected chi connectivity index (χ4v) is 3.76. The molecule has 2 saturated carbocycles. The molecule has 112 valence electrons. The van der Waals surface area contributed by atoms with Crippen LogP contribution in [0.3, 0.4) is 0 Å². The Morgan fingerprint density at radius 2 is 2.14 bits per heavy atom. The lowest BCUT2D eigenvalue weighted by Gasteiger charge is -2.24. The molecule has 0 aromatic heterocycles. The highest BCUT2D eigenvalue weighted by Gasteiger charge is 2.41. The third kappa shape index (κ3) is 2.71. The largest absolute Gasteiger partial charge is 0.493 e. The van der Waals surface area contributed by atoms with Crippen LogP contribution in [0.1, 0.15) is 37.3 Å². The van der Waals surface area contributed by atoms with Gasteiger partial charge in [-0.15, -0.1) is 0 Å². The Kier molecular flexibility index (Phi) is 4.03. The second-order valence-corrected chi connectivity index (χ2v) is 6.09. The predicted octanol–water partition coefficient (Wildman–Crippen LogP) is 3.05. The van der Waals surface area contributed by atoms with Crippen molar-refractivity contribution in [2.75, 3.05) is 14.2 Å². The van der Waals surface area contributed by atoms with Crippen molar-refractivity contribution in [2.45, 2.75) is 37.8 Å².